The maximum atomic E-state index is 11.5. The van der Waals surface area contributed by atoms with E-state index in [2.05, 4.69) is 13.0 Å². The third-order valence-corrected chi connectivity index (χ3v) is 4.46. The Hall–Kier alpha value is -1.12. The molecule has 0 amide bonds. The highest BCUT2D eigenvalue weighted by molar-refractivity contribution is 5.97. The van der Waals surface area contributed by atoms with Gasteiger partial charge >= 0.3 is 5.97 Å². The van der Waals surface area contributed by atoms with Crippen molar-refractivity contribution in [3.63, 3.8) is 0 Å². The highest BCUT2D eigenvalue weighted by Gasteiger charge is 2.13. The summed E-state index contributed by atoms with van der Waals surface area (Å²) in [6.07, 6.45) is 16.6. The Morgan fingerprint density at radius 3 is 2.39 bits per heavy atom. The Kier molecular flexibility index (Phi) is 11.5. The molecule has 0 unspecified atom stereocenters. The zero-order chi connectivity index (χ0) is 16.8. The number of unbranched alkanes of at least 4 members (excludes halogenated alkanes) is 8. The summed E-state index contributed by atoms with van der Waals surface area (Å²) in [4.78, 5) is 23.0. The van der Waals surface area contributed by atoms with Crippen molar-refractivity contribution in [2.45, 2.75) is 96.8 Å². The molecule has 23 heavy (non-hydrogen) atoms. The molecule has 0 N–H and O–H groups in total. The molecule has 0 aromatic rings. The summed E-state index contributed by atoms with van der Waals surface area (Å²) in [6, 6.07) is 0. The summed E-state index contributed by atoms with van der Waals surface area (Å²) in [7, 11) is 0. The van der Waals surface area contributed by atoms with Gasteiger partial charge in [-0.2, -0.15) is 0 Å². The Balaban J connectivity index is 1.82. The molecule has 0 saturated heterocycles. The summed E-state index contributed by atoms with van der Waals surface area (Å²) in [6.45, 7) is 2.77. The molecular weight excluding hydrogens is 288 g/mol. The molecule has 3 heteroatoms. The van der Waals surface area contributed by atoms with Gasteiger partial charge in [-0.1, -0.05) is 57.9 Å². The number of ketones is 1. The second-order valence-corrected chi connectivity index (χ2v) is 6.59. The lowest BCUT2D eigenvalue weighted by Crippen LogP contribution is -2.05. The molecule has 0 heterocycles. The van der Waals surface area contributed by atoms with Crippen LogP contribution in [0.15, 0.2) is 11.6 Å². The van der Waals surface area contributed by atoms with Crippen molar-refractivity contribution in [3.8, 4) is 0 Å². The average Bonchev–Trinajstić information content (AvgIpc) is 2.95. The van der Waals surface area contributed by atoms with Crippen molar-refractivity contribution < 1.29 is 14.3 Å². The van der Waals surface area contributed by atoms with E-state index in [0.29, 0.717) is 18.8 Å². The lowest BCUT2D eigenvalue weighted by atomic mass is 10.0. The van der Waals surface area contributed by atoms with Gasteiger partial charge in [0.2, 0.25) is 0 Å². The predicted octanol–water partition coefficient (Wildman–Crippen LogP) is 5.52. The largest absolute Gasteiger partial charge is 0.466 e. The van der Waals surface area contributed by atoms with Gasteiger partial charge in [-0.3, -0.25) is 9.59 Å². The van der Waals surface area contributed by atoms with Crippen LogP contribution in [0.1, 0.15) is 96.8 Å². The summed E-state index contributed by atoms with van der Waals surface area (Å²) in [5.41, 5.74) is 1.06. The molecule has 1 aliphatic rings. The van der Waals surface area contributed by atoms with Crippen LogP contribution in [-0.2, 0) is 14.3 Å². The lowest BCUT2D eigenvalue weighted by molar-refractivity contribution is -0.143. The SMILES string of the molecule is CCCCCCOC(=O)CCCCCCCCC1=CCCC1=O. The van der Waals surface area contributed by atoms with Crippen molar-refractivity contribution in [1.29, 1.82) is 0 Å². The molecule has 132 valence electrons. The van der Waals surface area contributed by atoms with Crippen LogP contribution >= 0.6 is 0 Å². The van der Waals surface area contributed by atoms with Gasteiger partial charge in [0.1, 0.15) is 0 Å². The molecule has 1 aliphatic carbocycles. The smallest absolute Gasteiger partial charge is 0.305 e. The van der Waals surface area contributed by atoms with Crippen molar-refractivity contribution in [3.05, 3.63) is 11.6 Å². The molecule has 0 atom stereocenters. The molecular formula is C20H34O3. The standard InChI is InChI=1S/C20H34O3/c1-2-3-4-11-17-23-20(22)16-10-8-6-5-7-9-13-18-14-12-15-19(18)21/h14H,2-13,15-17H2,1H3. The molecule has 0 fully saturated rings. The van der Waals surface area contributed by atoms with Crippen molar-refractivity contribution in [2.24, 2.45) is 0 Å². The van der Waals surface area contributed by atoms with Gasteiger partial charge in [-0.05, 0) is 37.7 Å². The van der Waals surface area contributed by atoms with E-state index in [4.69, 9.17) is 4.74 Å². The van der Waals surface area contributed by atoms with Gasteiger partial charge in [-0.15, -0.1) is 0 Å². The maximum absolute atomic E-state index is 11.5. The van der Waals surface area contributed by atoms with Gasteiger partial charge in [-0.25, -0.2) is 0 Å². The molecule has 0 aliphatic heterocycles. The Labute approximate surface area is 141 Å². The molecule has 0 saturated carbocycles. The summed E-state index contributed by atoms with van der Waals surface area (Å²) >= 11 is 0. The van der Waals surface area contributed by atoms with E-state index in [1.165, 1.54) is 32.1 Å². The summed E-state index contributed by atoms with van der Waals surface area (Å²) in [5.74, 6) is 0.325. The van der Waals surface area contributed by atoms with E-state index in [1.807, 2.05) is 0 Å². The molecule has 0 aromatic heterocycles. The van der Waals surface area contributed by atoms with Gasteiger partial charge in [0.05, 0.1) is 6.61 Å². The fourth-order valence-corrected chi connectivity index (χ4v) is 2.97. The quantitative estimate of drug-likeness (QED) is 0.312. The first-order valence-electron chi connectivity index (χ1n) is 9.62. The van der Waals surface area contributed by atoms with Gasteiger partial charge in [0, 0.05) is 12.8 Å². The number of esters is 1. The zero-order valence-corrected chi connectivity index (χ0v) is 14.9. The van der Waals surface area contributed by atoms with Crippen molar-refractivity contribution >= 4 is 11.8 Å². The van der Waals surface area contributed by atoms with Crippen LogP contribution < -0.4 is 0 Å². The van der Waals surface area contributed by atoms with Crippen LogP contribution in [0.2, 0.25) is 0 Å². The minimum absolute atomic E-state index is 0.0341. The van der Waals surface area contributed by atoms with E-state index in [9.17, 15) is 9.59 Å². The number of rotatable bonds is 14. The normalized spacial score (nSPS) is 14.1. The summed E-state index contributed by atoms with van der Waals surface area (Å²) < 4.78 is 5.22. The van der Waals surface area contributed by atoms with Crippen LogP contribution in [-0.4, -0.2) is 18.4 Å². The predicted molar refractivity (Wildman–Crippen MR) is 94.4 cm³/mol. The second kappa shape index (κ2) is 13.3. The number of hydrogen-bond donors (Lipinski definition) is 0. The van der Waals surface area contributed by atoms with E-state index in [0.717, 1.165) is 56.9 Å². The number of carbonyl (C=O) groups excluding carboxylic acids is 2. The molecule has 0 bridgehead atoms. The number of hydrogen-bond acceptors (Lipinski definition) is 3. The number of carbonyl (C=O) groups is 2. The minimum atomic E-state index is -0.0341. The first-order chi connectivity index (χ1) is 11.2. The fraction of sp³-hybridized carbons (Fsp3) is 0.800. The van der Waals surface area contributed by atoms with Gasteiger partial charge in [0.15, 0.2) is 5.78 Å². The first-order valence-corrected chi connectivity index (χ1v) is 9.62. The van der Waals surface area contributed by atoms with Crippen LogP contribution in [0.25, 0.3) is 0 Å². The van der Waals surface area contributed by atoms with E-state index >= 15 is 0 Å². The van der Waals surface area contributed by atoms with E-state index < -0.39 is 0 Å². The Morgan fingerprint density at radius 2 is 1.70 bits per heavy atom. The van der Waals surface area contributed by atoms with E-state index in [1.54, 1.807) is 0 Å². The van der Waals surface area contributed by atoms with Crippen molar-refractivity contribution in [2.75, 3.05) is 6.61 Å². The third kappa shape index (κ3) is 10.3. The second-order valence-electron chi connectivity index (χ2n) is 6.59. The number of ether oxygens (including phenoxy) is 1. The molecule has 0 aromatic carbocycles. The highest BCUT2D eigenvalue weighted by Crippen LogP contribution is 2.20. The van der Waals surface area contributed by atoms with Crippen LogP contribution in [0.4, 0.5) is 0 Å². The van der Waals surface area contributed by atoms with Crippen LogP contribution in [0.3, 0.4) is 0 Å². The van der Waals surface area contributed by atoms with Crippen LogP contribution in [0.5, 0.6) is 0 Å². The minimum Gasteiger partial charge on any atom is -0.466 e. The topological polar surface area (TPSA) is 43.4 Å². The fourth-order valence-electron chi connectivity index (χ4n) is 2.97. The average molecular weight is 322 g/mol. The highest BCUT2D eigenvalue weighted by atomic mass is 16.5. The molecule has 1 rings (SSSR count). The maximum Gasteiger partial charge on any atom is 0.305 e. The van der Waals surface area contributed by atoms with Crippen molar-refractivity contribution in [1.82, 2.24) is 0 Å². The Morgan fingerprint density at radius 1 is 1.00 bits per heavy atom. The van der Waals surface area contributed by atoms with Gasteiger partial charge < -0.3 is 4.74 Å². The number of Topliss-reactive ketones (excluding diaryl/α,β-unsaturated/α-hetero) is 1. The first kappa shape index (κ1) is 19.9. The third-order valence-electron chi connectivity index (χ3n) is 4.46. The molecule has 3 nitrogen and oxygen atoms in total. The van der Waals surface area contributed by atoms with Crippen LogP contribution in [0, 0.1) is 0 Å². The zero-order valence-electron chi connectivity index (χ0n) is 14.9. The van der Waals surface area contributed by atoms with Gasteiger partial charge in [0.25, 0.3) is 0 Å². The van der Waals surface area contributed by atoms with E-state index in [-0.39, 0.29) is 5.97 Å². The summed E-state index contributed by atoms with van der Waals surface area (Å²) in [5, 5.41) is 0. The monoisotopic (exact) mass is 322 g/mol. The molecule has 0 spiro atoms. The Bertz CT molecular complexity index is 371. The lowest BCUT2D eigenvalue weighted by Gasteiger charge is -2.05. The molecule has 0 radical (unpaired) electrons. The number of allylic oxidation sites excluding steroid dienone is 2.